The summed E-state index contributed by atoms with van der Waals surface area (Å²) < 4.78 is 66.9. The molecule has 10 heteroatoms. The number of carboxylic acids is 1. The Morgan fingerprint density at radius 3 is 2.25 bits per heavy atom. The van der Waals surface area contributed by atoms with Crippen molar-refractivity contribution in [3.63, 3.8) is 0 Å². The van der Waals surface area contributed by atoms with Crippen LogP contribution in [0.5, 0.6) is 0 Å². The summed E-state index contributed by atoms with van der Waals surface area (Å²) in [7, 11) is -7.33. The number of carbonyl (C=O) groups is 1. The number of nitrogens with zero attached hydrogens (tertiary/aromatic N) is 1. The van der Waals surface area contributed by atoms with E-state index in [0.29, 0.717) is 11.3 Å². The number of sulfone groups is 1. The van der Waals surface area contributed by atoms with Gasteiger partial charge in [-0.25, -0.2) is 26.0 Å². The Kier molecular flexibility index (Phi) is 4.69. The number of hydrogen-bond donors (Lipinski definition) is 1. The van der Waals surface area contributed by atoms with Crippen LogP contribution in [-0.4, -0.2) is 45.5 Å². The largest absolute Gasteiger partial charge is 0.478 e. The molecule has 32 heavy (non-hydrogen) atoms. The van der Waals surface area contributed by atoms with E-state index in [1.54, 1.807) is 0 Å². The van der Waals surface area contributed by atoms with E-state index in [2.05, 4.69) is 0 Å². The SMILES string of the molecule is O=C(O)c1ccc2c(c1)C1(CCS(=O)(=O)CC1)C(C1CC1)N2S(=O)(=O)c1ccc(F)cc1. The van der Waals surface area contributed by atoms with Crippen LogP contribution in [0.3, 0.4) is 0 Å². The molecule has 1 N–H and O–H groups in total. The van der Waals surface area contributed by atoms with Gasteiger partial charge in [0.15, 0.2) is 0 Å². The molecule has 1 saturated heterocycles. The lowest BCUT2D eigenvalue weighted by Crippen LogP contribution is -2.52. The highest BCUT2D eigenvalue weighted by atomic mass is 32.2. The van der Waals surface area contributed by atoms with Crippen molar-refractivity contribution in [1.82, 2.24) is 0 Å². The van der Waals surface area contributed by atoms with Crippen LogP contribution in [0.25, 0.3) is 0 Å². The molecule has 1 saturated carbocycles. The fourth-order valence-corrected chi connectivity index (χ4v) is 8.67. The molecule has 0 radical (unpaired) electrons. The van der Waals surface area contributed by atoms with Crippen molar-refractivity contribution in [2.75, 3.05) is 15.8 Å². The minimum Gasteiger partial charge on any atom is -0.478 e. The second-order valence-electron chi connectivity index (χ2n) is 8.88. The summed E-state index contributed by atoms with van der Waals surface area (Å²) in [5.41, 5.74) is 0.220. The zero-order valence-electron chi connectivity index (χ0n) is 17.1. The lowest BCUT2D eigenvalue weighted by Gasteiger charge is -2.41. The first kappa shape index (κ1) is 21.4. The molecule has 1 aliphatic carbocycles. The molecular weight excluding hydrogens is 457 g/mol. The summed E-state index contributed by atoms with van der Waals surface area (Å²) in [6.07, 6.45) is 2.10. The van der Waals surface area contributed by atoms with Crippen molar-refractivity contribution < 1.29 is 31.1 Å². The van der Waals surface area contributed by atoms with Crippen LogP contribution in [0.1, 0.15) is 41.6 Å². The van der Waals surface area contributed by atoms with Gasteiger partial charge in [0.1, 0.15) is 15.7 Å². The molecule has 0 aromatic heterocycles. The first-order valence-electron chi connectivity index (χ1n) is 10.4. The number of rotatable bonds is 4. The molecule has 2 aliphatic heterocycles. The maximum atomic E-state index is 13.8. The lowest BCUT2D eigenvalue weighted by molar-refractivity contribution is 0.0696. The van der Waals surface area contributed by atoms with Gasteiger partial charge in [-0.1, -0.05) is 0 Å². The second-order valence-corrected chi connectivity index (χ2v) is 13.0. The van der Waals surface area contributed by atoms with E-state index in [0.717, 1.165) is 25.0 Å². The number of carboxylic acid groups (broad SMARTS) is 1. The summed E-state index contributed by atoms with van der Waals surface area (Å²) in [4.78, 5) is 11.6. The Labute approximate surface area is 185 Å². The Balaban J connectivity index is 1.73. The van der Waals surface area contributed by atoms with Crippen molar-refractivity contribution in [2.45, 2.75) is 42.0 Å². The quantitative estimate of drug-likeness (QED) is 0.722. The van der Waals surface area contributed by atoms with Gasteiger partial charge in [0.25, 0.3) is 10.0 Å². The number of anilines is 1. The van der Waals surface area contributed by atoms with Crippen LogP contribution in [0, 0.1) is 11.7 Å². The topological polar surface area (TPSA) is 109 Å². The number of sulfonamides is 1. The molecule has 1 unspecified atom stereocenters. The zero-order valence-corrected chi connectivity index (χ0v) is 18.7. The average molecular weight is 480 g/mol. The number of fused-ring (bicyclic) bond motifs is 2. The predicted octanol–water partition coefficient (Wildman–Crippen LogP) is 2.96. The van der Waals surface area contributed by atoms with Crippen LogP contribution in [-0.2, 0) is 25.3 Å². The van der Waals surface area contributed by atoms with Gasteiger partial charge in [0.2, 0.25) is 0 Å². The molecule has 3 aliphatic rings. The molecule has 1 spiro atoms. The van der Waals surface area contributed by atoms with Gasteiger partial charge in [0.05, 0.1) is 33.7 Å². The van der Waals surface area contributed by atoms with Gasteiger partial charge in [-0.2, -0.15) is 0 Å². The van der Waals surface area contributed by atoms with Crippen molar-refractivity contribution in [2.24, 2.45) is 5.92 Å². The van der Waals surface area contributed by atoms with Gasteiger partial charge < -0.3 is 5.11 Å². The van der Waals surface area contributed by atoms with Crippen molar-refractivity contribution in [1.29, 1.82) is 0 Å². The first-order chi connectivity index (χ1) is 15.1. The molecule has 0 bridgehead atoms. The highest BCUT2D eigenvalue weighted by molar-refractivity contribution is 7.93. The van der Waals surface area contributed by atoms with Gasteiger partial charge in [-0.3, -0.25) is 4.31 Å². The smallest absolute Gasteiger partial charge is 0.335 e. The van der Waals surface area contributed by atoms with E-state index >= 15 is 0 Å². The third-order valence-corrected chi connectivity index (χ3v) is 10.5. The molecule has 0 amide bonds. The number of halogens is 1. The van der Waals surface area contributed by atoms with E-state index in [1.165, 1.54) is 34.6 Å². The van der Waals surface area contributed by atoms with Crippen molar-refractivity contribution in [3.8, 4) is 0 Å². The normalized spacial score (nSPS) is 23.8. The Morgan fingerprint density at radius 2 is 1.69 bits per heavy atom. The minimum absolute atomic E-state index is 0.0344. The fourth-order valence-electron chi connectivity index (χ4n) is 5.31. The molecular formula is C22H22FNO6S2. The molecule has 2 aromatic carbocycles. The molecule has 170 valence electrons. The predicted molar refractivity (Wildman–Crippen MR) is 116 cm³/mol. The maximum absolute atomic E-state index is 13.8. The van der Waals surface area contributed by atoms with E-state index in [9.17, 15) is 31.1 Å². The van der Waals surface area contributed by atoms with Gasteiger partial charge in [-0.15, -0.1) is 0 Å². The standard InChI is InChI=1S/C22H22FNO6S2/c23-16-4-6-17(7-5-16)32(29,30)24-19-8-3-15(21(25)26)13-18(19)22(20(24)14-1-2-14)9-11-31(27,28)12-10-22/h3-8,13-14,20H,1-2,9-12H2,(H,25,26). The van der Waals surface area contributed by atoms with E-state index in [1.807, 2.05) is 0 Å². The third kappa shape index (κ3) is 3.23. The van der Waals surface area contributed by atoms with Gasteiger partial charge in [0, 0.05) is 5.41 Å². The summed E-state index contributed by atoms with van der Waals surface area (Å²) in [6.45, 7) is 0. The molecule has 2 fully saturated rings. The molecule has 7 nitrogen and oxygen atoms in total. The summed E-state index contributed by atoms with van der Waals surface area (Å²) in [6, 6.07) is 8.49. The van der Waals surface area contributed by atoms with E-state index in [4.69, 9.17) is 0 Å². The summed E-state index contributed by atoms with van der Waals surface area (Å²) in [5.74, 6) is -1.78. The summed E-state index contributed by atoms with van der Waals surface area (Å²) in [5, 5.41) is 9.54. The highest BCUT2D eigenvalue weighted by Gasteiger charge is 2.60. The van der Waals surface area contributed by atoms with E-state index in [-0.39, 0.29) is 40.7 Å². The zero-order chi connectivity index (χ0) is 22.9. The molecule has 1 atom stereocenters. The second kappa shape index (κ2) is 7.02. The van der Waals surface area contributed by atoms with Crippen LogP contribution in [0.15, 0.2) is 47.4 Å². The lowest BCUT2D eigenvalue weighted by atomic mass is 9.70. The summed E-state index contributed by atoms with van der Waals surface area (Å²) >= 11 is 0. The monoisotopic (exact) mass is 479 g/mol. The Morgan fingerprint density at radius 1 is 1.06 bits per heavy atom. The van der Waals surface area contributed by atoms with Crippen LogP contribution >= 0.6 is 0 Å². The number of benzene rings is 2. The average Bonchev–Trinajstić information content (AvgIpc) is 3.53. The molecule has 2 aromatic rings. The Bertz CT molecular complexity index is 1300. The van der Waals surface area contributed by atoms with Crippen LogP contribution < -0.4 is 4.31 Å². The van der Waals surface area contributed by atoms with Gasteiger partial charge in [-0.05, 0) is 79.6 Å². The molecule has 2 heterocycles. The van der Waals surface area contributed by atoms with E-state index < -0.39 is 43.1 Å². The number of hydrogen-bond acceptors (Lipinski definition) is 5. The maximum Gasteiger partial charge on any atom is 0.335 e. The Hall–Kier alpha value is -2.46. The van der Waals surface area contributed by atoms with Crippen molar-refractivity contribution >= 4 is 31.5 Å². The van der Waals surface area contributed by atoms with Crippen LogP contribution in [0.2, 0.25) is 0 Å². The third-order valence-electron chi connectivity index (χ3n) is 6.99. The highest BCUT2D eigenvalue weighted by Crippen LogP contribution is 2.59. The first-order valence-corrected chi connectivity index (χ1v) is 13.7. The number of aromatic carboxylic acids is 1. The molecule has 5 rings (SSSR count). The minimum atomic E-state index is -4.09. The van der Waals surface area contributed by atoms with Crippen LogP contribution in [0.4, 0.5) is 10.1 Å². The van der Waals surface area contributed by atoms with Crippen molar-refractivity contribution in [3.05, 3.63) is 59.4 Å². The van der Waals surface area contributed by atoms with Gasteiger partial charge >= 0.3 is 5.97 Å². The fraction of sp³-hybridized carbons (Fsp3) is 0.409.